The van der Waals surface area contributed by atoms with Crippen LogP contribution in [0.4, 0.5) is 0 Å². The first kappa shape index (κ1) is 13.5. The van der Waals surface area contributed by atoms with Crippen molar-refractivity contribution in [1.29, 1.82) is 5.26 Å². The van der Waals surface area contributed by atoms with Crippen LogP contribution in [0.2, 0.25) is 0 Å². The Morgan fingerprint density at radius 3 is 2.95 bits per heavy atom. The Labute approximate surface area is 118 Å². The topological polar surface area (TPSA) is 86.1 Å². The summed E-state index contributed by atoms with van der Waals surface area (Å²) in [5.41, 5.74) is 0.225. The fourth-order valence-electron chi connectivity index (χ4n) is 3.06. The molecule has 7 heteroatoms. The Hall–Kier alpha value is -1.49. The van der Waals surface area contributed by atoms with E-state index in [1.54, 1.807) is 4.31 Å². The highest BCUT2D eigenvalue weighted by Gasteiger charge is 2.41. The van der Waals surface area contributed by atoms with Crippen LogP contribution in [-0.2, 0) is 10.0 Å². The summed E-state index contributed by atoms with van der Waals surface area (Å²) in [4.78, 5) is 4.03. The number of fused-ring (bicyclic) bond motifs is 1. The fraction of sp³-hybridized carbons (Fsp3) is 0.538. The maximum absolute atomic E-state index is 12.7. The standard InChI is InChI=1S/C13H16N4O2S/c14-6-11-3-4-12(8-16-11)20(18,19)17-5-1-2-10-7-15-9-13(10)17/h3-4,8,10,13,15H,1-2,5,7,9H2. The Bertz CT molecular complexity index is 635. The number of nitriles is 1. The van der Waals surface area contributed by atoms with Gasteiger partial charge >= 0.3 is 0 Å². The Kier molecular flexibility index (Phi) is 3.46. The van der Waals surface area contributed by atoms with Gasteiger partial charge in [-0.1, -0.05) is 0 Å². The van der Waals surface area contributed by atoms with Crippen LogP contribution >= 0.6 is 0 Å². The third kappa shape index (κ3) is 2.20. The SMILES string of the molecule is N#Cc1ccc(S(=O)(=O)N2CCCC3CNCC32)cn1. The largest absolute Gasteiger partial charge is 0.315 e. The molecule has 1 N–H and O–H groups in total. The summed E-state index contributed by atoms with van der Waals surface area (Å²) < 4.78 is 27.0. The maximum atomic E-state index is 12.7. The highest BCUT2D eigenvalue weighted by Crippen LogP contribution is 2.30. The minimum atomic E-state index is -3.52. The van der Waals surface area contributed by atoms with Crippen molar-refractivity contribution in [3.8, 4) is 6.07 Å². The van der Waals surface area contributed by atoms with Gasteiger partial charge in [-0.05, 0) is 37.4 Å². The molecule has 0 aromatic carbocycles. The van der Waals surface area contributed by atoms with Gasteiger partial charge in [0.05, 0.1) is 0 Å². The average Bonchev–Trinajstić information content (AvgIpc) is 2.95. The van der Waals surface area contributed by atoms with E-state index in [-0.39, 0.29) is 16.6 Å². The van der Waals surface area contributed by atoms with Gasteiger partial charge < -0.3 is 5.32 Å². The van der Waals surface area contributed by atoms with Crippen molar-refractivity contribution in [3.05, 3.63) is 24.0 Å². The lowest BCUT2D eigenvalue weighted by molar-refractivity contribution is 0.217. The van der Waals surface area contributed by atoms with Crippen molar-refractivity contribution in [1.82, 2.24) is 14.6 Å². The number of pyridine rings is 1. The Morgan fingerprint density at radius 1 is 1.40 bits per heavy atom. The summed E-state index contributed by atoms with van der Waals surface area (Å²) in [5.74, 6) is 0.407. The van der Waals surface area contributed by atoms with E-state index in [1.165, 1.54) is 18.3 Å². The summed E-state index contributed by atoms with van der Waals surface area (Å²) in [6.45, 7) is 2.17. The quantitative estimate of drug-likeness (QED) is 0.848. The van der Waals surface area contributed by atoms with Crippen LogP contribution in [0.25, 0.3) is 0 Å². The summed E-state index contributed by atoms with van der Waals surface area (Å²) in [6, 6.07) is 4.85. The van der Waals surface area contributed by atoms with Crippen molar-refractivity contribution in [2.24, 2.45) is 5.92 Å². The molecule has 3 rings (SSSR count). The molecule has 1 aromatic heterocycles. The van der Waals surface area contributed by atoms with Crippen LogP contribution in [0.3, 0.4) is 0 Å². The molecule has 0 radical (unpaired) electrons. The van der Waals surface area contributed by atoms with Crippen LogP contribution in [0.15, 0.2) is 23.2 Å². The number of sulfonamides is 1. The molecule has 0 aliphatic carbocycles. The molecule has 2 fully saturated rings. The summed E-state index contributed by atoms with van der Waals surface area (Å²) >= 11 is 0. The molecule has 106 valence electrons. The van der Waals surface area contributed by atoms with Crippen LogP contribution in [-0.4, -0.2) is 43.4 Å². The number of piperidine rings is 1. The van der Waals surface area contributed by atoms with E-state index in [9.17, 15) is 8.42 Å². The second kappa shape index (κ2) is 5.13. The molecule has 0 amide bonds. The first-order valence-electron chi connectivity index (χ1n) is 6.71. The third-order valence-electron chi connectivity index (χ3n) is 4.08. The van der Waals surface area contributed by atoms with Gasteiger partial charge in [-0.25, -0.2) is 13.4 Å². The lowest BCUT2D eigenvalue weighted by Gasteiger charge is -2.35. The molecule has 0 spiro atoms. The van der Waals surface area contributed by atoms with E-state index in [1.807, 2.05) is 6.07 Å². The number of hydrogen-bond acceptors (Lipinski definition) is 5. The highest BCUT2D eigenvalue weighted by molar-refractivity contribution is 7.89. The van der Waals surface area contributed by atoms with Crippen molar-refractivity contribution in [2.45, 2.75) is 23.8 Å². The number of nitrogens with one attached hydrogen (secondary N) is 1. The molecule has 2 unspecified atom stereocenters. The maximum Gasteiger partial charge on any atom is 0.244 e. The molecule has 2 aliphatic heterocycles. The molecule has 20 heavy (non-hydrogen) atoms. The van der Waals surface area contributed by atoms with E-state index in [4.69, 9.17) is 5.26 Å². The Morgan fingerprint density at radius 2 is 2.25 bits per heavy atom. The van der Waals surface area contributed by atoms with E-state index < -0.39 is 10.0 Å². The van der Waals surface area contributed by atoms with Crippen molar-refractivity contribution >= 4 is 10.0 Å². The normalized spacial score (nSPS) is 26.9. The van der Waals surface area contributed by atoms with Crippen LogP contribution in [0, 0.1) is 17.2 Å². The summed E-state index contributed by atoms with van der Waals surface area (Å²) in [5, 5.41) is 12.0. The van der Waals surface area contributed by atoms with Crippen molar-refractivity contribution < 1.29 is 8.42 Å². The molecule has 2 saturated heterocycles. The van der Waals surface area contributed by atoms with Crippen molar-refractivity contribution in [2.75, 3.05) is 19.6 Å². The number of hydrogen-bond donors (Lipinski definition) is 1. The molecule has 1 aromatic rings. The predicted molar refractivity (Wildman–Crippen MR) is 72.2 cm³/mol. The zero-order chi connectivity index (χ0) is 14.2. The molecular weight excluding hydrogens is 276 g/mol. The van der Waals surface area contributed by atoms with Gasteiger partial charge in [0.15, 0.2) is 0 Å². The van der Waals surface area contributed by atoms with Gasteiger partial charge in [-0.15, -0.1) is 0 Å². The van der Waals surface area contributed by atoms with Crippen molar-refractivity contribution in [3.63, 3.8) is 0 Å². The fourth-order valence-corrected chi connectivity index (χ4v) is 4.73. The monoisotopic (exact) mass is 292 g/mol. The molecule has 0 bridgehead atoms. The molecule has 3 heterocycles. The lowest BCUT2D eigenvalue weighted by atomic mass is 9.94. The van der Waals surface area contributed by atoms with Gasteiger partial charge in [-0.2, -0.15) is 9.57 Å². The van der Waals surface area contributed by atoms with Gasteiger partial charge in [0.1, 0.15) is 16.7 Å². The van der Waals surface area contributed by atoms with Gasteiger partial charge in [0, 0.05) is 25.3 Å². The second-order valence-electron chi connectivity index (χ2n) is 5.23. The van der Waals surface area contributed by atoms with Crippen LogP contribution in [0.5, 0.6) is 0 Å². The predicted octanol–water partition coefficient (Wildman–Crippen LogP) is 0.326. The average molecular weight is 292 g/mol. The second-order valence-corrected chi connectivity index (χ2v) is 7.13. The Balaban J connectivity index is 1.92. The third-order valence-corrected chi connectivity index (χ3v) is 5.99. The zero-order valence-corrected chi connectivity index (χ0v) is 11.8. The van der Waals surface area contributed by atoms with E-state index in [0.29, 0.717) is 19.0 Å². The minimum Gasteiger partial charge on any atom is -0.315 e. The molecule has 2 atom stereocenters. The van der Waals surface area contributed by atoms with E-state index in [0.717, 1.165) is 19.4 Å². The number of nitrogens with zero attached hydrogens (tertiary/aromatic N) is 3. The number of rotatable bonds is 2. The smallest absolute Gasteiger partial charge is 0.244 e. The minimum absolute atomic E-state index is 0.0457. The first-order chi connectivity index (χ1) is 9.63. The molecule has 6 nitrogen and oxygen atoms in total. The molecule has 0 saturated carbocycles. The summed E-state index contributed by atoms with van der Waals surface area (Å²) in [6.07, 6.45) is 3.25. The van der Waals surface area contributed by atoms with E-state index >= 15 is 0 Å². The summed E-state index contributed by atoms with van der Waals surface area (Å²) in [7, 11) is -3.52. The van der Waals surface area contributed by atoms with Gasteiger partial charge in [-0.3, -0.25) is 0 Å². The highest BCUT2D eigenvalue weighted by atomic mass is 32.2. The molecular formula is C13H16N4O2S. The zero-order valence-electron chi connectivity index (χ0n) is 11.0. The van der Waals surface area contributed by atoms with Gasteiger partial charge in [0.25, 0.3) is 0 Å². The number of aromatic nitrogens is 1. The van der Waals surface area contributed by atoms with Crippen LogP contribution < -0.4 is 5.32 Å². The van der Waals surface area contributed by atoms with Gasteiger partial charge in [0.2, 0.25) is 10.0 Å². The lowest BCUT2D eigenvalue weighted by Crippen LogP contribution is -2.48. The molecule has 2 aliphatic rings. The van der Waals surface area contributed by atoms with E-state index in [2.05, 4.69) is 10.3 Å². The first-order valence-corrected chi connectivity index (χ1v) is 8.15. The van der Waals surface area contributed by atoms with Crippen LogP contribution in [0.1, 0.15) is 18.5 Å².